The van der Waals surface area contributed by atoms with Gasteiger partial charge in [-0.2, -0.15) is 23.2 Å². The summed E-state index contributed by atoms with van der Waals surface area (Å²) in [5.74, 6) is -0.469. The zero-order chi connectivity index (χ0) is 25.5. The molecule has 3 aromatic rings. The Morgan fingerprint density at radius 2 is 1.94 bits per heavy atom. The average molecular weight is 511 g/mol. The number of fused-ring (bicyclic) bond motifs is 1. The van der Waals surface area contributed by atoms with E-state index in [0.717, 1.165) is 12.3 Å². The number of benzene rings is 1. The van der Waals surface area contributed by atoms with Gasteiger partial charge in [0.25, 0.3) is 0 Å². The molecule has 0 spiro atoms. The highest BCUT2D eigenvalue weighted by molar-refractivity contribution is 7.89. The van der Waals surface area contributed by atoms with E-state index in [9.17, 15) is 31.2 Å². The second-order valence-electron chi connectivity index (χ2n) is 8.43. The third kappa shape index (κ3) is 4.76. The van der Waals surface area contributed by atoms with Crippen molar-refractivity contribution in [1.29, 1.82) is 5.26 Å². The average Bonchev–Trinajstić information content (AvgIpc) is 3.12. The van der Waals surface area contributed by atoms with Crippen molar-refractivity contribution in [3.05, 3.63) is 47.4 Å². The van der Waals surface area contributed by atoms with Crippen LogP contribution in [-0.2, 0) is 14.8 Å². The van der Waals surface area contributed by atoms with Gasteiger partial charge in [-0.05, 0) is 56.5 Å². The standard InChI is InChI=1S/C23H22F4N4O3S/c1-13-9-21-17(10-19(13)24)18(11-28)22(31(21)15-5-7-34-8-6-15)20-4-3-16(12-29-20)35(32,33)30-14(2)23(25,26)27/h3-4,9-10,12,14-15,30H,5-8H2,1-2H3/t14-/m0/s1. The number of aromatic nitrogens is 2. The third-order valence-corrected chi connectivity index (χ3v) is 7.59. The number of nitrogens with zero attached hydrogens (tertiary/aromatic N) is 3. The van der Waals surface area contributed by atoms with Gasteiger partial charge in [0.2, 0.25) is 10.0 Å². The normalized spacial score (nSPS) is 16.4. The molecule has 12 heteroatoms. The molecular weight excluding hydrogens is 488 g/mol. The summed E-state index contributed by atoms with van der Waals surface area (Å²) in [5.41, 5.74) is 1.85. The molecule has 0 saturated carbocycles. The number of ether oxygens (including phenoxy) is 1. The number of nitrogens with one attached hydrogen (secondary N) is 1. The van der Waals surface area contributed by atoms with E-state index in [-0.39, 0.29) is 17.3 Å². The van der Waals surface area contributed by atoms with Crippen LogP contribution in [0.5, 0.6) is 0 Å². The number of halogens is 4. The Bertz CT molecular complexity index is 1400. The first-order valence-electron chi connectivity index (χ1n) is 10.8. The van der Waals surface area contributed by atoms with Crippen LogP contribution in [0.3, 0.4) is 0 Å². The molecule has 4 rings (SSSR count). The van der Waals surface area contributed by atoms with E-state index in [1.54, 1.807) is 17.7 Å². The lowest BCUT2D eigenvalue weighted by atomic mass is 10.1. The Kier molecular flexibility index (Phi) is 6.61. The van der Waals surface area contributed by atoms with Gasteiger partial charge < -0.3 is 9.30 Å². The first-order valence-corrected chi connectivity index (χ1v) is 12.3. The molecular formula is C23H22F4N4O3S. The molecule has 2 aromatic heterocycles. The predicted octanol–water partition coefficient (Wildman–Crippen LogP) is 4.60. The first-order chi connectivity index (χ1) is 16.4. The maximum atomic E-state index is 14.4. The molecule has 1 fully saturated rings. The van der Waals surface area contributed by atoms with Gasteiger partial charge in [0.05, 0.1) is 22.5 Å². The summed E-state index contributed by atoms with van der Waals surface area (Å²) in [7, 11) is -4.49. The lowest BCUT2D eigenvalue weighted by Crippen LogP contribution is -2.42. The van der Waals surface area contributed by atoms with Gasteiger partial charge in [-0.25, -0.2) is 12.8 Å². The van der Waals surface area contributed by atoms with Gasteiger partial charge in [0.15, 0.2) is 0 Å². The SMILES string of the molecule is Cc1cc2c(cc1F)c(C#N)c(-c1ccc(S(=O)(=O)N[C@@H](C)C(F)(F)F)cn1)n2C1CCOCC1. The van der Waals surface area contributed by atoms with E-state index in [2.05, 4.69) is 11.1 Å². The molecule has 3 heterocycles. The van der Waals surface area contributed by atoms with Crippen LogP contribution in [0.4, 0.5) is 17.6 Å². The van der Waals surface area contributed by atoms with Gasteiger partial charge in [-0.3, -0.25) is 4.98 Å². The summed E-state index contributed by atoms with van der Waals surface area (Å²) in [5, 5.41) is 10.4. The predicted molar refractivity (Wildman–Crippen MR) is 120 cm³/mol. The fourth-order valence-corrected chi connectivity index (χ4v) is 5.34. The van der Waals surface area contributed by atoms with E-state index < -0.39 is 33.0 Å². The van der Waals surface area contributed by atoms with Crippen molar-refractivity contribution in [3.63, 3.8) is 0 Å². The summed E-state index contributed by atoms with van der Waals surface area (Å²) in [6, 6.07) is 5.17. The molecule has 1 N–H and O–H groups in total. The summed E-state index contributed by atoms with van der Waals surface area (Å²) in [6.07, 6.45) is -2.52. The van der Waals surface area contributed by atoms with Crippen LogP contribution in [0.1, 0.15) is 36.9 Å². The summed E-state index contributed by atoms with van der Waals surface area (Å²) in [6.45, 7) is 3.32. The van der Waals surface area contributed by atoms with Crippen molar-refractivity contribution in [3.8, 4) is 17.5 Å². The van der Waals surface area contributed by atoms with Crippen molar-refractivity contribution >= 4 is 20.9 Å². The number of alkyl halides is 3. The van der Waals surface area contributed by atoms with Crippen LogP contribution in [0.2, 0.25) is 0 Å². The monoisotopic (exact) mass is 510 g/mol. The number of hydrogen-bond donors (Lipinski definition) is 1. The summed E-state index contributed by atoms with van der Waals surface area (Å²) >= 11 is 0. The quantitative estimate of drug-likeness (QED) is 0.506. The maximum absolute atomic E-state index is 14.4. The van der Waals surface area contributed by atoms with Gasteiger partial charge in [-0.1, -0.05) is 0 Å². The number of pyridine rings is 1. The Hall–Kier alpha value is -3.01. The molecule has 35 heavy (non-hydrogen) atoms. The molecule has 0 amide bonds. The fourth-order valence-electron chi connectivity index (χ4n) is 4.17. The molecule has 7 nitrogen and oxygen atoms in total. The van der Waals surface area contributed by atoms with Gasteiger partial charge >= 0.3 is 6.18 Å². The minimum absolute atomic E-state index is 0.0762. The minimum Gasteiger partial charge on any atom is -0.381 e. The number of rotatable bonds is 5. The van der Waals surface area contributed by atoms with E-state index in [4.69, 9.17) is 4.74 Å². The minimum atomic E-state index is -4.75. The van der Waals surface area contributed by atoms with Crippen molar-refractivity contribution in [2.45, 2.75) is 49.8 Å². The zero-order valence-corrected chi connectivity index (χ0v) is 19.7. The maximum Gasteiger partial charge on any atom is 0.404 e. The van der Waals surface area contributed by atoms with Crippen LogP contribution in [0, 0.1) is 24.1 Å². The van der Waals surface area contributed by atoms with Crippen LogP contribution in [0.15, 0.2) is 35.4 Å². The molecule has 1 atom stereocenters. The molecule has 1 aliphatic heterocycles. The second kappa shape index (κ2) is 9.22. The van der Waals surface area contributed by atoms with E-state index in [1.807, 2.05) is 4.57 Å². The molecule has 1 aromatic carbocycles. The van der Waals surface area contributed by atoms with Crippen molar-refractivity contribution in [2.75, 3.05) is 13.2 Å². The van der Waals surface area contributed by atoms with Crippen LogP contribution in [0.25, 0.3) is 22.3 Å². The Morgan fingerprint density at radius 3 is 2.51 bits per heavy atom. The second-order valence-corrected chi connectivity index (χ2v) is 10.1. The molecule has 0 unspecified atom stereocenters. The van der Waals surface area contributed by atoms with E-state index in [1.165, 1.54) is 12.1 Å². The van der Waals surface area contributed by atoms with Gasteiger partial charge in [0.1, 0.15) is 22.8 Å². The molecule has 1 aliphatic rings. The smallest absolute Gasteiger partial charge is 0.381 e. The number of aryl methyl sites for hydroxylation is 1. The van der Waals surface area contributed by atoms with Crippen LogP contribution >= 0.6 is 0 Å². The van der Waals surface area contributed by atoms with Gasteiger partial charge in [-0.15, -0.1) is 0 Å². The number of sulfonamides is 1. The van der Waals surface area contributed by atoms with E-state index >= 15 is 0 Å². The number of hydrogen-bond acceptors (Lipinski definition) is 5. The lowest BCUT2D eigenvalue weighted by Gasteiger charge is -2.26. The molecule has 1 saturated heterocycles. The fraction of sp³-hybridized carbons (Fsp3) is 0.391. The molecule has 0 bridgehead atoms. The van der Waals surface area contributed by atoms with Crippen LogP contribution < -0.4 is 4.72 Å². The highest BCUT2D eigenvalue weighted by Crippen LogP contribution is 2.39. The Morgan fingerprint density at radius 1 is 1.26 bits per heavy atom. The Labute approximate surface area is 199 Å². The molecule has 0 radical (unpaired) electrons. The topological polar surface area (TPSA) is 97.0 Å². The Balaban J connectivity index is 1.84. The molecule has 186 valence electrons. The van der Waals surface area contributed by atoms with Crippen molar-refractivity contribution in [1.82, 2.24) is 14.3 Å². The summed E-state index contributed by atoms with van der Waals surface area (Å²) in [4.78, 5) is 3.74. The third-order valence-electron chi connectivity index (χ3n) is 6.06. The lowest BCUT2D eigenvalue weighted by molar-refractivity contribution is -0.147. The highest BCUT2D eigenvalue weighted by Gasteiger charge is 2.39. The zero-order valence-electron chi connectivity index (χ0n) is 18.9. The number of nitriles is 1. The first kappa shape index (κ1) is 25.1. The van der Waals surface area contributed by atoms with Gasteiger partial charge in [0, 0.05) is 30.8 Å². The van der Waals surface area contributed by atoms with Crippen LogP contribution in [-0.4, -0.2) is 43.4 Å². The van der Waals surface area contributed by atoms with E-state index in [0.29, 0.717) is 55.1 Å². The highest BCUT2D eigenvalue weighted by atomic mass is 32.2. The molecule has 0 aliphatic carbocycles. The largest absolute Gasteiger partial charge is 0.404 e. The summed E-state index contributed by atoms with van der Waals surface area (Å²) < 4.78 is 86.7. The van der Waals surface area contributed by atoms with Crippen molar-refractivity contribution in [2.24, 2.45) is 0 Å². The van der Waals surface area contributed by atoms with Crippen molar-refractivity contribution < 1.29 is 30.7 Å².